The van der Waals surface area contributed by atoms with Crippen molar-refractivity contribution in [1.82, 2.24) is 10.3 Å². The molecule has 1 N–H and O–H groups in total. The van der Waals surface area contributed by atoms with Gasteiger partial charge >= 0.3 is 0 Å². The first-order valence-corrected chi connectivity index (χ1v) is 7.12. The average Bonchev–Trinajstić information content (AvgIpc) is 2.70. The van der Waals surface area contributed by atoms with E-state index in [0.29, 0.717) is 6.04 Å². The fourth-order valence-corrected chi connectivity index (χ4v) is 2.75. The van der Waals surface area contributed by atoms with Crippen LogP contribution in [0.5, 0.6) is 0 Å². The molecule has 80 valence electrons. The van der Waals surface area contributed by atoms with Crippen molar-refractivity contribution in [3.63, 3.8) is 0 Å². The topological polar surface area (TPSA) is 24.9 Å². The average molecular weight is 230 g/mol. The molecule has 0 saturated heterocycles. The molecule has 0 spiro atoms. The molecule has 2 nitrogen and oxygen atoms in total. The smallest absolute Gasteiger partial charge is 0.110 e. The minimum atomic E-state index is 0.457. The van der Waals surface area contributed by atoms with E-state index in [1.54, 1.807) is 11.3 Å². The number of nitrogens with one attached hydrogen (secondary N) is 1. The molecule has 0 bridgehead atoms. The van der Waals surface area contributed by atoms with E-state index in [2.05, 4.69) is 24.1 Å². The lowest BCUT2D eigenvalue weighted by Gasteiger charge is -2.14. The molecule has 1 heterocycles. The Labute approximate surface area is 94.5 Å². The molecule has 0 aliphatic heterocycles. The molecule has 0 fully saturated rings. The van der Waals surface area contributed by atoms with Gasteiger partial charge in [0.05, 0.1) is 6.04 Å². The molecule has 14 heavy (non-hydrogen) atoms. The fraction of sp³-hybridized carbons (Fsp3) is 0.700. The van der Waals surface area contributed by atoms with Crippen LogP contribution in [0, 0.1) is 0 Å². The number of hydrogen-bond acceptors (Lipinski definition) is 4. The van der Waals surface area contributed by atoms with Crippen molar-refractivity contribution in [2.75, 3.05) is 18.1 Å². The number of aromatic nitrogens is 1. The first-order chi connectivity index (χ1) is 6.88. The molecule has 0 saturated carbocycles. The maximum atomic E-state index is 4.36. The lowest BCUT2D eigenvalue weighted by Crippen LogP contribution is -2.21. The van der Waals surface area contributed by atoms with Gasteiger partial charge in [0.15, 0.2) is 0 Å². The van der Waals surface area contributed by atoms with Crippen LogP contribution >= 0.6 is 23.1 Å². The van der Waals surface area contributed by atoms with E-state index in [-0.39, 0.29) is 0 Å². The van der Waals surface area contributed by atoms with Crippen LogP contribution in [-0.4, -0.2) is 23.0 Å². The van der Waals surface area contributed by atoms with Gasteiger partial charge in [0.25, 0.3) is 0 Å². The van der Waals surface area contributed by atoms with Gasteiger partial charge in [-0.2, -0.15) is 11.8 Å². The quantitative estimate of drug-likeness (QED) is 0.729. The van der Waals surface area contributed by atoms with E-state index in [9.17, 15) is 0 Å². The summed E-state index contributed by atoms with van der Waals surface area (Å²) in [4.78, 5) is 4.36. The molecule has 0 radical (unpaired) electrons. The molecule has 1 atom stereocenters. The largest absolute Gasteiger partial charge is 0.308 e. The second-order valence-electron chi connectivity index (χ2n) is 2.97. The van der Waals surface area contributed by atoms with Gasteiger partial charge in [-0.1, -0.05) is 13.8 Å². The van der Waals surface area contributed by atoms with Crippen molar-refractivity contribution in [2.45, 2.75) is 26.3 Å². The number of rotatable bonds is 7. The summed E-state index contributed by atoms with van der Waals surface area (Å²) >= 11 is 3.74. The highest BCUT2D eigenvalue weighted by Crippen LogP contribution is 2.20. The zero-order valence-corrected chi connectivity index (χ0v) is 10.5. The Morgan fingerprint density at radius 1 is 1.57 bits per heavy atom. The van der Waals surface area contributed by atoms with E-state index in [1.807, 2.05) is 23.3 Å². The summed E-state index contributed by atoms with van der Waals surface area (Å²) in [7, 11) is 0. The lowest BCUT2D eigenvalue weighted by atomic mass is 10.2. The van der Waals surface area contributed by atoms with E-state index in [1.165, 1.54) is 22.9 Å². The van der Waals surface area contributed by atoms with Crippen LogP contribution in [0.2, 0.25) is 0 Å². The van der Waals surface area contributed by atoms with Gasteiger partial charge in [0.2, 0.25) is 0 Å². The first kappa shape index (κ1) is 12.0. The number of thiazole rings is 1. The normalized spacial score (nSPS) is 13.0. The van der Waals surface area contributed by atoms with Gasteiger partial charge in [-0.05, 0) is 24.5 Å². The van der Waals surface area contributed by atoms with Gasteiger partial charge in [-0.15, -0.1) is 11.3 Å². The van der Waals surface area contributed by atoms with Crippen LogP contribution in [-0.2, 0) is 0 Å². The minimum absolute atomic E-state index is 0.457. The molecule has 1 rings (SSSR count). The molecule has 1 aromatic rings. The molecule has 0 aliphatic carbocycles. The van der Waals surface area contributed by atoms with Gasteiger partial charge in [-0.25, -0.2) is 4.98 Å². The van der Waals surface area contributed by atoms with Gasteiger partial charge < -0.3 is 5.32 Å². The summed E-state index contributed by atoms with van der Waals surface area (Å²) in [6.45, 7) is 5.37. The zero-order chi connectivity index (χ0) is 10.2. The van der Waals surface area contributed by atoms with Crippen LogP contribution in [0.1, 0.15) is 31.3 Å². The summed E-state index contributed by atoms with van der Waals surface area (Å²) in [5.74, 6) is 2.42. The third kappa shape index (κ3) is 3.98. The second kappa shape index (κ2) is 7.26. The maximum absolute atomic E-state index is 4.36. The standard InChI is InChI=1S/C10H18N2S2/c1-3-11-9(5-7-13-4-2)10-12-6-8-14-10/h6,8-9,11H,3-5,7H2,1-2H3. The number of hydrogen-bond donors (Lipinski definition) is 1. The molecular formula is C10H18N2S2. The van der Waals surface area contributed by atoms with Crippen molar-refractivity contribution in [3.8, 4) is 0 Å². The summed E-state index contributed by atoms with van der Waals surface area (Å²) in [6.07, 6.45) is 3.07. The summed E-state index contributed by atoms with van der Waals surface area (Å²) in [5, 5.41) is 6.75. The number of nitrogens with zero attached hydrogens (tertiary/aromatic N) is 1. The van der Waals surface area contributed by atoms with Crippen LogP contribution in [0.25, 0.3) is 0 Å². The van der Waals surface area contributed by atoms with E-state index >= 15 is 0 Å². The molecule has 1 unspecified atom stereocenters. The van der Waals surface area contributed by atoms with Gasteiger partial charge in [0.1, 0.15) is 5.01 Å². The van der Waals surface area contributed by atoms with Gasteiger partial charge in [0, 0.05) is 11.6 Å². The molecule has 4 heteroatoms. The fourth-order valence-electron chi connectivity index (χ4n) is 1.31. The van der Waals surface area contributed by atoms with Crippen LogP contribution in [0.15, 0.2) is 11.6 Å². The van der Waals surface area contributed by atoms with Crippen molar-refractivity contribution < 1.29 is 0 Å². The Balaban J connectivity index is 2.39. The highest BCUT2D eigenvalue weighted by Gasteiger charge is 2.11. The predicted octanol–water partition coefficient (Wildman–Crippen LogP) is 2.94. The highest BCUT2D eigenvalue weighted by atomic mass is 32.2. The predicted molar refractivity (Wildman–Crippen MR) is 66.1 cm³/mol. The SMILES string of the molecule is CCNC(CCSCC)c1nccs1. The van der Waals surface area contributed by atoms with Crippen LogP contribution in [0.3, 0.4) is 0 Å². The Bertz CT molecular complexity index is 224. The van der Waals surface area contributed by atoms with Gasteiger partial charge in [-0.3, -0.25) is 0 Å². The Kier molecular flexibility index (Phi) is 6.23. The Morgan fingerprint density at radius 3 is 3.00 bits per heavy atom. The number of thioether (sulfide) groups is 1. The molecule has 0 aliphatic rings. The summed E-state index contributed by atoms with van der Waals surface area (Å²) in [6, 6.07) is 0.457. The second-order valence-corrected chi connectivity index (χ2v) is 5.29. The van der Waals surface area contributed by atoms with E-state index in [0.717, 1.165) is 6.54 Å². The van der Waals surface area contributed by atoms with Crippen molar-refractivity contribution in [2.24, 2.45) is 0 Å². The van der Waals surface area contributed by atoms with Crippen molar-refractivity contribution >= 4 is 23.1 Å². The lowest BCUT2D eigenvalue weighted by molar-refractivity contribution is 0.538. The van der Waals surface area contributed by atoms with Crippen molar-refractivity contribution in [3.05, 3.63) is 16.6 Å². The monoisotopic (exact) mass is 230 g/mol. The first-order valence-electron chi connectivity index (χ1n) is 5.09. The highest BCUT2D eigenvalue weighted by molar-refractivity contribution is 7.99. The zero-order valence-electron chi connectivity index (χ0n) is 8.82. The Morgan fingerprint density at radius 2 is 2.43 bits per heavy atom. The molecule has 0 aromatic carbocycles. The molecule has 1 aromatic heterocycles. The molecule has 0 amide bonds. The van der Waals surface area contributed by atoms with Crippen LogP contribution in [0.4, 0.5) is 0 Å². The van der Waals surface area contributed by atoms with Crippen LogP contribution < -0.4 is 5.32 Å². The maximum Gasteiger partial charge on any atom is 0.110 e. The molecular weight excluding hydrogens is 212 g/mol. The van der Waals surface area contributed by atoms with E-state index in [4.69, 9.17) is 0 Å². The third-order valence-corrected chi connectivity index (χ3v) is 3.78. The summed E-state index contributed by atoms with van der Waals surface area (Å²) in [5.41, 5.74) is 0. The summed E-state index contributed by atoms with van der Waals surface area (Å²) < 4.78 is 0. The Hall–Kier alpha value is -0.0600. The van der Waals surface area contributed by atoms with Crippen molar-refractivity contribution in [1.29, 1.82) is 0 Å². The van der Waals surface area contributed by atoms with E-state index < -0.39 is 0 Å². The minimum Gasteiger partial charge on any atom is -0.308 e. The third-order valence-electron chi connectivity index (χ3n) is 1.96.